The number of hydrogen-bond donors (Lipinski definition) is 2. The second-order valence-corrected chi connectivity index (χ2v) is 6.45. The molecule has 0 aliphatic carbocycles. The number of carbonyl (C=O) groups is 1. The fourth-order valence-corrected chi connectivity index (χ4v) is 2.86. The number of rotatable bonds is 6. The van der Waals surface area contributed by atoms with Gasteiger partial charge in [0.15, 0.2) is 0 Å². The van der Waals surface area contributed by atoms with E-state index in [2.05, 4.69) is 39.6 Å². The Labute approximate surface area is 145 Å². The Hall–Kier alpha value is -1.79. The smallest absolute Gasteiger partial charge is 0.319 e. The van der Waals surface area contributed by atoms with E-state index < -0.39 is 0 Å². The molecular weight excluding hydrogens is 304 g/mol. The van der Waals surface area contributed by atoms with Gasteiger partial charge < -0.3 is 25.2 Å². The number of piperazine rings is 1. The summed E-state index contributed by atoms with van der Waals surface area (Å²) in [5, 5.41) is 5.87. The van der Waals surface area contributed by atoms with E-state index in [1.54, 1.807) is 7.11 Å². The molecule has 1 aromatic carbocycles. The van der Waals surface area contributed by atoms with Crippen LogP contribution in [-0.4, -0.2) is 63.9 Å². The van der Waals surface area contributed by atoms with Crippen molar-refractivity contribution >= 4 is 17.4 Å². The average Bonchev–Trinajstić information content (AvgIpc) is 2.57. The van der Waals surface area contributed by atoms with Crippen molar-refractivity contribution < 1.29 is 9.53 Å². The molecule has 0 aromatic heterocycles. The second-order valence-electron chi connectivity index (χ2n) is 6.45. The van der Waals surface area contributed by atoms with Crippen molar-refractivity contribution in [2.45, 2.75) is 26.3 Å². The molecule has 24 heavy (non-hydrogen) atoms. The number of carbonyl (C=O) groups excluding carboxylic acids is 1. The third-order valence-corrected chi connectivity index (χ3v) is 4.52. The van der Waals surface area contributed by atoms with Crippen LogP contribution in [0.2, 0.25) is 0 Å². The summed E-state index contributed by atoms with van der Waals surface area (Å²) in [5.74, 6) is 0. The molecule has 6 nitrogen and oxygen atoms in total. The Kier molecular flexibility index (Phi) is 6.87. The van der Waals surface area contributed by atoms with Gasteiger partial charge in [-0.1, -0.05) is 6.92 Å². The van der Waals surface area contributed by atoms with E-state index >= 15 is 0 Å². The first-order valence-electron chi connectivity index (χ1n) is 8.64. The van der Waals surface area contributed by atoms with Gasteiger partial charge in [-0.05, 0) is 44.2 Å². The molecule has 1 heterocycles. The lowest BCUT2D eigenvalue weighted by molar-refractivity contribution is 0.165. The molecule has 1 saturated heterocycles. The van der Waals surface area contributed by atoms with Crippen LogP contribution >= 0.6 is 0 Å². The Morgan fingerprint density at radius 3 is 2.58 bits per heavy atom. The maximum Gasteiger partial charge on any atom is 0.319 e. The normalized spacial score (nSPS) is 16.8. The van der Waals surface area contributed by atoms with Gasteiger partial charge in [-0.15, -0.1) is 0 Å². The van der Waals surface area contributed by atoms with Crippen molar-refractivity contribution in [3.8, 4) is 0 Å². The van der Waals surface area contributed by atoms with Crippen LogP contribution in [0.15, 0.2) is 18.2 Å². The van der Waals surface area contributed by atoms with Crippen molar-refractivity contribution in [3.05, 3.63) is 23.8 Å². The first-order valence-corrected chi connectivity index (χ1v) is 8.64. The minimum absolute atomic E-state index is 0.0277. The molecule has 1 aromatic rings. The highest BCUT2D eigenvalue weighted by molar-refractivity contribution is 5.90. The van der Waals surface area contributed by atoms with E-state index in [0.29, 0.717) is 6.61 Å². The number of nitrogens with zero attached hydrogens (tertiary/aromatic N) is 2. The molecule has 1 aliphatic rings. The number of anilines is 2. The van der Waals surface area contributed by atoms with E-state index in [1.807, 2.05) is 19.9 Å². The summed E-state index contributed by atoms with van der Waals surface area (Å²) in [6.45, 7) is 8.82. The zero-order chi connectivity index (χ0) is 17.5. The first-order chi connectivity index (χ1) is 11.5. The molecule has 0 saturated carbocycles. The molecule has 6 heteroatoms. The minimum Gasteiger partial charge on any atom is -0.383 e. The predicted octanol–water partition coefficient (Wildman–Crippen LogP) is 2.29. The maximum atomic E-state index is 12.1. The predicted molar refractivity (Wildman–Crippen MR) is 99.0 cm³/mol. The number of likely N-dealkylation sites (N-methyl/N-ethyl adjacent to an activating group) is 1. The molecule has 0 bridgehead atoms. The van der Waals surface area contributed by atoms with Crippen molar-refractivity contribution in [2.75, 3.05) is 57.2 Å². The van der Waals surface area contributed by atoms with E-state index in [0.717, 1.165) is 43.9 Å². The molecule has 2 N–H and O–H groups in total. The topological polar surface area (TPSA) is 56.8 Å². The highest BCUT2D eigenvalue weighted by Crippen LogP contribution is 2.23. The number of urea groups is 1. The summed E-state index contributed by atoms with van der Waals surface area (Å²) >= 11 is 0. The third-order valence-electron chi connectivity index (χ3n) is 4.52. The first kappa shape index (κ1) is 18.5. The highest BCUT2D eigenvalue weighted by Gasteiger charge is 2.16. The lowest BCUT2D eigenvalue weighted by Crippen LogP contribution is -2.44. The number of hydrogen-bond acceptors (Lipinski definition) is 4. The van der Waals surface area contributed by atoms with Gasteiger partial charge in [0.2, 0.25) is 0 Å². The van der Waals surface area contributed by atoms with Crippen LogP contribution in [0.3, 0.4) is 0 Å². The van der Waals surface area contributed by atoms with Crippen LogP contribution in [0.4, 0.5) is 16.2 Å². The number of ether oxygens (including phenoxy) is 1. The van der Waals surface area contributed by atoms with E-state index in [4.69, 9.17) is 4.74 Å². The minimum atomic E-state index is -0.186. The summed E-state index contributed by atoms with van der Waals surface area (Å²) in [5.41, 5.74) is 3.14. The number of methoxy groups -OCH3 is 1. The van der Waals surface area contributed by atoms with Gasteiger partial charge in [-0.25, -0.2) is 4.79 Å². The van der Waals surface area contributed by atoms with Crippen LogP contribution in [-0.2, 0) is 4.74 Å². The number of amides is 2. The van der Waals surface area contributed by atoms with Gasteiger partial charge >= 0.3 is 6.03 Å². The Morgan fingerprint density at radius 2 is 2.00 bits per heavy atom. The van der Waals surface area contributed by atoms with Crippen molar-refractivity contribution in [1.29, 1.82) is 0 Å². The summed E-state index contributed by atoms with van der Waals surface area (Å²) < 4.78 is 5.11. The summed E-state index contributed by atoms with van der Waals surface area (Å²) in [7, 11) is 3.80. The number of nitrogens with one attached hydrogen (secondary N) is 2. The maximum absolute atomic E-state index is 12.1. The lowest BCUT2D eigenvalue weighted by atomic mass is 10.1. The largest absolute Gasteiger partial charge is 0.383 e. The van der Waals surface area contributed by atoms with Gasteiger partial charge in [0.05, 0.1) is 12.6 Å². The van der Waals surface area contributed by atoms with Crippen LogP contribution in [0.1, 0.15) is 18.9 Å². The van der Waals surface area contributed by atoms with Crippen molar-refractivity contribution in [2.24, 2.45) is 0 Å². The highest BCUT2D eigenvalue weighted by atomic mass is 16.5. The molecular formula is C18H30N4O2. The molecule has 0 unspecified atom stereocenters. The van der Waals surface area contributed by atoms with Crippen LogP contribution in [0.25, 0.3) is 0 Å². The zero-order valence-electron chi connectivity index (χ0n) is 15.3. The Balaban J connectivity index is 1.95. The van der Waals surface area contributed by atoms with Gasteiger partial charge in [0.25, 0.3) is 0 Å². The molecule has 0 radical (unpaired) electrons. The number of aryl methyl sites for hydroxylation is 1. The number of benzene rings is 1. The van der Waals surface area contributed by atoms with Gasteiger partial charge in [0.1, 0.15) is 0 Å². The molecule has 1 atom stereocenters. The molecule has 2 rings (SSSR count). The third kappa shape index (κ3) is 5.11. The SMILES string of the molecule is CC[C@@H](COC)NC(=O)Nc1ccc(N2CCN(C)CC2)cc1C. The zero-order valence-corrected chi connectivity index (χ0v) is 15.3. The molecule has 1 fully saturated rings. The monoisotopic (exact) mass is 334 g/mol. The second kappa shape index (κ2) is 8.89. The van der Waals surface area contributed by atoms with Crippen molar-refractivity contribution in [1.82, 2.24) is 10.2 Å². The van der Waals surface area contributed by atoms with Gasteiger partial charge in [-0.2, -0.15) is 0 Å². The molecule has 0 spiro atoms. The van der Waals surface area contributed by atoms with E-state index in [1.165, 1.54) is 5.69 Å². The Morgan fingerprint density at radius 1 is 1.29 bits per heavy atom. The quantitative estimate of drug-likeness (QED) is 0.838. The van der Waals surface area contributed by atoms with Crippen molar-refractivity contribution in [3.63, 3.8) is 0 Å². The Bertz CT molecular complexity index is 542. The van der Waals surface area contributed by atoms with Crippen LogP contribution in [0.5, 0.6) is 0 Å². The van der Waals surface area contributed by atoms with Crippen LogP contribution in [0, 0.1) is 6.92 Å². The fourth-order valence-electron chi connectivity index (χ4n) is 2.86. The summed E-state index contributed by atoms with van der Waals surface area (Å²) in [4.78, 5) is 16.9. The molecule has 134 valence electrons. The average molecular weight is 334 g/mol. The standard InChI is InChI=1S/C18H30N4O2/c1-5-15(13-24-4)19-18(23)20-17-7-6-16(12-14(17)2)22-10-8-21(3)9-11-22/h6-7,12,15H,5,8-11,13H2,1-4H3,(H2,19,20,23)/t15-/m0/s1. The van der Waals surface area contributed by atoms with Crippen LogP contribution < -0.4 is 15.5 Å². The summed E-state index contributed by atoms with van der Waals surface area (Å²) in [6, 6.07) is 6.06. The van der Waals surface area contributed by atoms with Gasteiger partial charge in [-0.3, -0.25) is 0 Å². The van der Waals surface area contributed by atoms with E-state index in [9.17, 15) is 4.79 Å². The molecule has 1 aliphatic heterocycles. The lowest BCUT2D eigenvalue weighted by Gasteiger charge is -2.34. The fraction of sp³-hybridized carbons (Fsp3) is 0.611. The van der Waals surface area contributed by atoms with Gasteiger partial charge in [0, 0.05) is 44.7 Å². The molecule has 2 amide bonds. The summed E-state index contributed by atoms with van der Waals surface area (Å²) in [6.07, 6.45) is 0.836. The van der Waals surface area contributed by atoms with E-state index in [-0.39, 0.29) is 12.1 Å².